The molecule has 4 heteroatoms. The van der Waals surface area contributed by atoms with Gasteiger partial charge in [0.05, 0.1) is 12.6 Å². The molecule has 0 saturated carbocycles. The van der Waals surface area contributed by atoms with Crippen molar-refractivity contribution >= 4 is 22.1 Å². The van der Waals surface area contributed by atoms with E-state index < -0.39 is 0 Å². The summed E-state index contributed by atoms with van der Waals surface area (Å²) in [6, 6.07) is 6.33. The van der Waals surface area contributed by atoms with E-state index in [0.29, 0.717) is 6.04 Å². The highest BCUT2D eigenvalue weighted by atomic mass is 16.5. The van der Waals surface area contributed by atoms with E-state index >= 15 is 0 Å². The van der Waals surface area contributed by atoms with E-state index in [0.717, 1.165) is 41.8 Å². The summed E-state index contributed by atoms with van der Waals surface area (Å²) in [5, 5.41) is 5.62. The van der Waals surface area contributed by atoms with E-state index in [4.69, 9.17) is 10.5 Å². The number of nitrogens with zero attached hydrogens (tertiary/aromatic N) is 1. The van der Waals surface area contributed by atoms with Gasteiger partial charge in [-0.25, -0.2) is 0 Å². The molecule has 2 aromatic rings. The maximum atomic E-state index is 5.94. The summed E-state index contributed by atoms with van der Waals surface area (Å²) in [5.41, 5.74) is 7.81. The fourth-order valence-corrected chi connectivity index (χ4v) is 2.21. The molecule has 3 N–H and O–H groups in total. The Labute approximate surface area is 99.8 Å². The lowest BCUT2D eigenvalue weighted by atomic mass is 10.1. The lowest BCUT2D eigenvalue weighted by molar-refractivity contribution is 0.195. The fourth-order valence-electron chi connectivity index (χ4n) is 2.21. The molecule has 1 aliphatic heterocycles. The molecule has 1 atom stereocenters. The number of nitrogens with one attached hydrogen (secondary N) is 1. The second-order valence-corrected chi connectivity index (χ2v) is 4.33. The van der Waals surface area contributed by atoms with Crippen molar-refractivity contribution in [3.8, 4) is 0 Å². The molecule has 0 aliphatic carbocycles. The Hall–Kier alpha value is -1.81. The number of nitrogen functional groups attached to an aromatic ring is 1. The molecule has 88 valence electrons. The Balaban J connectivity index is 2.01. The highest BCUT2D eigenvalue weighted by Crippen LogP contribution is 2.28. The van der Waals surface area contributed by atoms with Crippen LogP contribution in [0.1, 0.15) is 6.42 Å². The molecule has 1 aromatic heterocycles. The SMILES string of the molecule is Nc1ccc(NC2CCOC2)c2ccncc12. The van der Waals surface area contributed by atoms with Gasteiger partial charge in [0.1, 0.15) is 0 Å². The number of anilines is 2. The summed E-state index contributed by atoms with van der Waals surface area (Å²) < 4.78 is 5.37. The number of benzene rings is 1. The van der Waals surface area contributed by atoms with Crippen LogP contribution in [-0.4, -0.2) is 24.2 Å². The zero-order valence-corrected chi connectivity index (χ0v) is 9.52. The largest absolute Gasteiger partial charge is 0.398 e. The molecule has 1 aromatic carbocycles. The third-order valence-electron chi connectivity index (χ3n) is 3.14. The van der Waals surface area contributed by atoms with Crippen LogP contribution in [0.25, 0.3) is 10.8 Å². The molecule has 3 rings (SSSR count). The van der Waals surface area contributed by atoms with Crippen molar-refractivity contribution in [2.45, 2.75) is 12.5 Å². The van der Waals surface area contributed by atoms with E-state index in [1.54, 1.807) is 12.4 Å². The maximum absolute atomic E-state index is 5.94. The molecule has 1 saturated heterocycles. The minimum atomic E-state index is 0.398. The molecule has 0 spiro atoms. The molecule has 0 bridgehead atoms. The van der Waals surface area contributed by atoms with Crippen LogP contribution in [0.3, 0.4) is 0 Å². The van der Waals surface area contributed by atoms with E-state index in [-0.39, 0.29) is 0 Å². The van der Waals surface area contributed by atoms with Gasteiger partial charge in [-0.15, -0.1) is 0 Å². The molecular formula is C13H15N3O. The van der Waals surface area contributed by atoms with Gasteiger partial charge in [-0.1, -0.05) is 0 Å². The van der Waals surface area contributed by atoms with Crippen LogP contribution in [0.5, 0.6) is 0 Å². The van der Waals surface area contributed by atoms with Gasteiger partial charge in [0.15, 0.2) is 0 Å². The number of nitrogens with two attached hydrogens (primary N) is 1. The number of pyridine rings is 1. The number of hydrogen-bond donors (Lipinski definition) is 2. The summed E-state index contributed by atoms with van der Waals surface area (Å²) >= 11 is 0. The van der Waals surface area contributed by atoms with Crippen molar-refractivity contribution in [1.82, 2.24) is 4.98 Å². The van der Waals surface area contributed by atoms with Crippen LogP contribution < -0.4 is 11.1 Å². The van der Waals surface area contributed by atoms with E-state index in [1.807, 2.05) is 18.2 Å². The zero-order valence-electron chi connectivity index (χ0n) is 9.52. The minimum Gasteiger partial charge on any atom is -0.398 e. The number of ether oxygens (including phenoxy) is 1. The Morgan fingerprint density at radius 2 is 2.24 bits per heavy atom. The van der Waals surface area contributed by atoms with Crippen molar-refractivity contribution in [3.05, 3.63) is 30.6 Å². The highest BCUT2D eigenvalue weighted by Gasteiger charge is 2.16. The molecule has 0 amide bonds. The van der Waals surface area contributed by atoms with E-state index in [9.17, 15) is 0 Å². The molecule has 1 unspecified atom stereocenters. The maximum Gasteiger partial charge on any atom is 0.0668 e. The lowest BCUT2D eigenvalue weighted by Crippen LogP contribution is -2.19. The Morgan fingerprint density at radius 1 is 1.29 bits per heavy atom. The quantitative estimate of drug-likeness (QED) is 0.773. The lowest BCUT2D eigenvalue weighted by Gasteiger charge is -2.15. The number of hydrogen-bond acceptors (Lipinski definition) is 4. The minimum absolute atomic E-state index is 0.398. The zero-order chi connectivity index (χ0) is 11.7. The first-order valence-corrected chi connectivity index (χ1v) is 5.81. The predicted molar refractivity (Wildman–Crippen MR) is 69.0 cm³/mol. The average molecular weight is 229 g/mol. The Kier molecular flexibility index (Phi) is 2.57. The van der Waals surface area contributed by atoms with Crippen LogP contribution in [0.2, 0.25) is 0 Å². The van der Waals surface area contributed by atoms with Crippen LogP contribution in [0.15, 0.2) is 30.6 Å². The van der Waals surface area contributed by atoms with Gasteiger partial charge in [-0.3, -0.25) is 4.98 Å². The number of fused-ring (bicyclic) bond motifs is 1. The van der Waals surface area contributed by atoms with Gasteiger partial charge < -0.3 is 15.8 Å². The number of aromatic nitrogens is 1. The van der Waals surface area contributed by atoms with Gasteiger partial charge in [-0.2, -0.15) is 0 Å². The Morgan fingerprint density at radius 3 is 3.06 bits per heavy atom. The van der Waals surface area contributed by atoms with E-state index in [2.05, 4.69) is 10.3 Å². The van der Waals surface area contributed by atoms with Crippen LogP contribution in [-0.2, 0) is 4.74 Å². The van der Waals surface area contributed by atoms with Crippen molar-refractivity contribution in [3.63, 3.8) is 0 Å². The number of rotatable bonds is 2. The Bertz CT molecular complexity index is 535. The highest BCUT2D eigenvalue weighted by molar-refractivity contribution is 6.00. The van der Waals surface area contributed by atoms with Gasteiger partial charge in [-0.05, 0) is 24.6 Å². The third kappa shape index (κ3) is 1.91. The van der Waals surface area contributed by atoms with Crippen molar-refractivity contribution in [2.75, 3.05) is 24.3 Å². The van der Waals surface area contributed by atoms with Gasteiger partial charge >= 0.3 is 0 Å². The predicted octanol–water partition coefficient (Wildman–Crippen LogP) is 2.02. The normalized spacial score (nSPS) is 19.6. The van der Waals surface area contributed by atoms with Crippen molar-refractivity contribution in [1.29, 1.82) is 0 Å². The first-order chi connectivity index (χ1) is 8.34. The molecule has 1 aliphatic rings. The monoisotopic (exact) mass is 229 g/mol. The molecule has 2 heterocycles. The molecule has 4 nitrogen and oxygen atoms in total. The standard InChI is InChI=1S/C13H15N3O/c14-12-1-2-13(16-9-4-6-17-8-9)10-3-5-15-7-11(10)12/h1-3,5,7,9,16H,4,6,8,14H2. The second kappa shape index (κ2) is 4.22. The summed E-state index contributed by atoms with van der Waals surface area (Å²) in [7, 11) is 0. The first-order valence-electron chi connectivity index (χ1n) is 5.81. The van der Waals surface area contributed by atoms with Gasteiger partial charge in [0.25, 0.3) is 0 Å². The summed E-state index contributed by atoms with van der Waals surface area (Å²) in [6.07, 6.45) is 4.65. The molecule has 0 radical (unpaired) electrons. The summed E-state index contributed by atoms with van der Waals surface area (Å²) in [6.45, 7) is 1.61. The summed E-state index contributed by atoms with van der Waals surface area (Å²) in [5.74, 6) is 0. The summed E-state index contributed by atoms with van der Waals surface area (Å²) in [4.78, 5) is 4.11. The topological polar surface area (TPSA) is 60.2 Å². The van der Waals surface area contributed by atoms with Crippen LogP contribution >= 0.6 is 0 Å². The fraction of sp³-hybridized carbons (Fsp3) is 0.308. The van der Waals surface area contributed by atoms with Crippen LogP contribution in [0, 0.1) is 0 Å². The third-order valence-corrected chi connectivity index (χ3v) is 3.14. The van der Waals surface area contributed by atoms with E-state index in [1.165, 1.54) is 0 Å². The van der Waals surface area contributed by atoms with Crippen molar-refractivity contribution in [2.24, 2.45) is 0 Å². The van der Waals surface area contributed by atoms with Gasteiger partial charge in [0.2, 0.25) is 0 Å². The van der Waals surface area contributed by atoms with Crippen LogP contribution in [0.4, 0.5) is 11.4 Å². The second-order valence-electron chi connectivity index (χ2n) is 4.33. The van der Waals surface area contributed by atoms with Gasteiger partial charge in [0, 0.05) is 41.1 Å². The average Bonchev–Trinajstić information content (AvgIpc) is 2.86. The first kappa shape index (κ1) is 10.4. The molecular weight excluding hydrogens is 214 g/mol. The molecule has 1 fully saturated rings. The van der Waals surface area contributed by atoms with Crippen molar-refractivity contribution < 1.29 is 4.74 Å². The molecule has 17 heavy (non-hydrogen) atoms. The smallest absolute Gasteiger partial charge is 0.0668 e.